The summed E-state index contributed by atoms with van der Waals surface area (Å²) in [6, 6.07) is 5.99. The predicted molar refractivity (Wildman–Crippen MR) is 118 cm³/mol. The predicted octanol–water partition coefficient (Wildman–Crippen LogP) is 2.83. The second kappa shape index (κ2) is 8.52. The number of nitrogens with one attached hydrogen (secondary N) is 2. The maximum Gasteiger partial charge on any atom is 0.573 e. The number of aromatic nitrogens is 4. The number of benzene rings is 1. The summed E-state index contributed by atoms with van der Waals surface area (Å²) in [7, 11) is 0. The molecule has 3 aromatic rings. The van der Waals surface area contributed by atoms with E-state index >= 15 is 0 Å². The summed E-state index contributed by atoms with van der Waals surface area (Å²) in [4.78, 5) is 32.4. The summed E-state index contributed by atoms with van der Waals surface area (Å²) in [5.74, 6) is 0.0647. The summed E-state index contributed by atoms with van der Waals surface area (Å²) in [6.45, 7) is 3.61. The van der Waals surface area contributed by atoms with E-state index in [0.717, 1.165) is 19.5 Å². The number of carbonyl (C=O) groups excluding carboxylic acids is 1. The van der Waals surface area contributed by atoms with Crippen molar-refractivity contribution in [3.63, 3.8) is 0 Å². The van der Waals surface area contributed by atoms with E-state index in [1.165, 1.54) is 42.6 Å². The number of ether oxygens (including phenoxy) is 1. The van der Waals surface area contributed by atoms with Gasteiger partial charge in [-0.25, -0.2) is 15.0 Å². The van der Waals surface area contributed by atoms with Crippen molar-refractivity contribution in [2.24, 2.45) is 0 Å². The molecule has 9 nitrogen and oxygen atoms in total. The van der Waals surface area contributed by atoms with E-state index in [2.05, 4.69) is 40.2 Å². The van der Waals surface area contributed by atoms with E-state index in [-0.39, 0.29) is 11.6 Å². The maximum atomic E-state index is 12.3. The second-order valence-corrected chi connectivity index (χ2v) is 8.12. The van der Waals surface area contributed by atoms with Gasteiger partial charge in [0.15, 0.2) is 11.5 Å². The van der Waals surface area contributed by atoms with Gasteiger partial charge in [0.25, 0.3) is 0 Å². The van der Waals surface area contributed by atoms with Gasteiger partial charge in [-0.2, -0.15) is 4.98 Å². The van der Waals surface area contributed by atoms with Crippen LogP contribution >= 0.6 is 0 Å². The number of nitrogens with zero attached hydrogens (tertiary/aromatic N) is 5. The molecule has 2 aliphatic rings. The number of aryl methyl sites for hydroxylation is 1. The fraction of sp³-hybridized carbons (Fsp3) is 0.318. The first-order valence-electron chi connectivity index (χ1n) is 10.6. The minimum atomic E-state index is -4.76. The number of anilines is 2. The van der Waals surface area contributed by atoms with Crippen LogP contribution in [0, 0.1) is 6.92 Å². The highest BCUT2D eigenvalue weighted by molar-refractivity contribution is 6.01. The number of hydrogen-bond donors (Lipinski definition) is 2. The Morgan fingerprint density at radius 1 is 1.24 bits per heavy atom. The molecule has 2 bridgehead atoms. The van der Waals surface area contributed by atoms with Gasteiger partial charge in [-0.1, -0.05) is 12.1 Å². The van der Waals surface area contributed by atoms with E-state index in [0.29, 0.717) is 40.5 Å². The van der Waals surface area contributed by atoms with E-state index in [4.69, 9.17) is 0 Å². The molecule has 4 heterocycles. The highest BCUT2D eigenvalue weighted by Gasteiger charge is 2.39. The molecule has 2 aromatic heterocycles. The lowest BCUT2D eigenvalue weighted by Crippen LogP contribution is -2.44. The summed E-state index contributed by atoms with van der Waals surface area (Å²) < 4.78 is 40.5. The largest absolute Gasteiger partial charge is 0.573 e. The lowest BCUT2D eigenvalue weighted by Gasteiger charge is -2.27. The third-order valence-corrected chi connectivity index (χ3v) is 5.68. The van der Waals surface area contributed by atoms with Crippen molar-refractivity contribution in [2.45, 2.75) is 31.8 Å². The molecule has 0 aliphatic carbocycles. The lowest BCUT2D eigenvalue weighted by molar-refractivity contribution is -0.274. The summed E-state index contributed by atoms with van der Waals surface area (Å²) in [6.07, 6.45) is 0.449. The zero-order valence-corrected chi connectivity index (χ0v) is 18.0. The van der Waals surface area contributed by atoms with Gasteiger partial charge in [0.05, 0.1) is 11.9 Å². The summed E-state index contributed by atoms with van der Waals surface area (Å²) in [5.41, 5.74) is 2.13. The second-order valence-electron chi connectivity index (χ2n) is 8.12. The number of fused-ring (bicyclic) bond motifs is 3. The number of carbonyl (C=O) groups is 1. The molecule has 2 fully saturated rings. The van der Waals surface area contributed by atoms with Gasteiger partial charge in [-0.3, -0.25) is 4.79 Å². The van der Waals surface area contributed by atoms with Crippen LogP contribution in [0.3, 0.4) is 0 Å². The van der Waals surface area contributed by atoms with Gasteiger partial charge in [-0.05, 0) is 37.1 Å². The fourth-order valence-electron chi connectivity index (χ4n) is 4.14. The molecule has 5 rings (SSSR count). The normalized spacial score (nSPS) is 19.8. The van der Waals surface area contributed by atoms with Crippen LogP contribution in [-0.2, 0) is 4.79 Å². The number of hydrogen-bond acceptors (Lipinski definition) is 8. The number of piperazine rings is 1. The van der Waals surface area contributed by atoms with Gasteiger partial charge in [-0.15, -0.1) is 13.2 Å². The van der Waals surface area contributed by atoms with Crippen LogP contribution in [0.1, 0.15) is 17.7 Å². The number of alkyl halides is 3. The lowest BCUT2D eigenvalue weighted by atomic mass is 10.2. The highest BCUT2D eigenvalue weighted by atomic mass is 19.4. The molecule has 2 saturated heterocycles. The van der Waals surface area contributed by atoms with E-state index in [1.807, 2.05) is 6.92 Å². The zero-order valence-electron chi connectivity index (χ0n) is 18.0. The summed E-state index contributed by atoms with van der Waals surface area (Å²) >= 11 is 0. The molecule has 0 radical (unpaired) electrons. The Kier molecular flexibility index (Phi) is 5.52. The molecule has 1 amide bonds. The van der Waals surface area contributed by atoms with Gasteiger partial charge >= 0.3 is 6.36 Å². The molecular weight excluding hydrogens is 451 g/mol. The van der Waals surface area contributed by atoms with Crippen molar-refractivity contribution in [1.82, 2.24) is 25.3 Å². The molecule has 0 spiro atoms. The Morgan fingerprint density at radius 2 is 2.03 bits per heavy atom. The Bertz CT molecular complexity index is 1260. The molecule has 2 atom stereocenters. The third-order valence-electron chi connectivity index (χ3n) is 5.68. The highest BCUT2D eigenvalue weighted by Crippen LogP contribution is 2.28. The molecule has 2 aliphatic heterocycles. The van der Waals surface area contributed by atoms with Crippen LogP contribution < -0.4 is 20.3 Å². The van der Waals surface area contributed by atoms with Crippen LogP contribution in [0.15, 0.2) is 36.5 Å². The minimum absolute atomic E-state index is 0.236. The molecule has 1 aromatic carbocycles. The molecule has 0 saturated carbocycles. The van der Waals surface area contributed by atoms with Crippen molar-refractivity contribution in [2.75, 3.05) is 23.3 Å². The average molecular weight is 471 g/mol. The molecule has 12 heteroatoms. The van der Waals surface area contributed by atoms with Crippen LogP contribution in [0.4, 0.5) is 24.9 Å². The molecule has 34 heavy (non-hydrogen) atoms. The van der Waals surface area contributed by atoms with Crippen LogP contribution in [0.5, 0.6) is 5.75 Å². The van der Waals surface area contributed by atoms with E-state index in [1.54, 1.807) is 0 Å². The monoisotopic (exact) mass is 471 g/mol. The van der Waals surface area contributed by atoms with Crippen molar-refractivity contribution in [1.29, 1.82) is 0 Å². The van der Waals surface area contributed by atoms with Crippen molar-refractivity contribution >= 4 is 34.9 Å². The maximum absolute atomic E-state index is 12.3. The molecular formula is C22H20F3N7O2. The SMILES string of the molecule is Cc1nc(N2CC3CC2CN3)nc2ncc(NC(=O)/C=C/c3ccc(OC(F)(F)F)cc3)nc12. The first-order chi connectivity index (χ1) is 16.2. The van der Waals surface area contributed by atoms with Gasteiger partial charge in [0.1, 0.15) is 11.3 Å². The number of halogens is 3. The van der Waals surface area contributed by atoms with Gasteiger partial charge < -0.3 is 20.3 Å². The number of amides is 1. The summed E-state index contributed by atoms with van der Waals surface area (Å²) in [5, 5.41) is 6.07. The smallest absolute Gasteiger partial charge is 0.406 e. The van der Waals surface area contributed by atoms with Gasteiger partial charge in [0.2, 0.25) is 11.9 Å². The van der Waals surface area contributed by atoms with Crippen LogP contribution in [0.2, 0.25) is 0 Å². The first kappa shape index (κ1) is 22.0. The van der Waals surface area contributed by atoms with Crippen molar-refractivity contribution < 1.29 is 22.7 Å². The van der Waals surface area contributed by atoms with Crippen molar-refractivity contribution in [3.05, 3.63) is 47.8 Å². The van der Waals surface area contributed by atoms with Gasteiger partial charge in [0, 0.05) is 31.2 Å². The Morgan fingerprint density at radius 3 is 2.71 bits per heavy atom. The Hall–Kier alpha value is -3.80. The molecule has 176 valence electrons. The third kappa shape index (κ3) is 4.76. The molecule has 2 unspecified atom stereocenters. The van der Waals surface area contributed by atoms with E-state index < -0.39 is 12.3 Å². The number of rotatable bonds is 5. The quantitative estimate of drug-likeness (QED) is 0.548. The Balaban J connectivity index is 1.26. The zero-order chi connectivity index (χ0) is 23.9. The standard InChI is InChI=1S/C22H20F3N7O2/c1-12-19-20(31-21(28-12)32-11-14-8-15(32)9-26-14)27-10-17(30-19)29-18(33)7-4-13-2-5-16(6-3-13)34-22(23,24)25/h2-7,10,14-15,26H,8-9,11H2,1H3,(H,29,30,33)/b7-4+. The topological polar surface area (TPSA) is 105 Å². The van der Waals surface area contributed by atoms with E-state index in [9.17, 15) is 18.0 Å². The Labute approximate surface area is 192 Å². The van der Waals surface area contributed by atoms with Crippen molar-refractivity contribution in [3.8, 4) is 5.75 Å². The average Bonchev–Trinajstić information content (AvgIpc) is 3.42. The minimum Gasteiger partial charge on any atom is -0.406 e. The first-order valence-corrected chi connectivity index (χ1v) is 10.6. The van der Waals surface area contributed by atoms with Crippen LogP contribution in [-0.4, -0.2) is 57.4 Å². The fourth-order valence-corrected chi connectivity index (χ4v) is 4.14. The van der Waals surface area contributed by atoms with Crippen LogP contribution in [0.25, 0.3) is 17.2 Å². The molecule has 2 N–H and O–H groups in total.